The molecule has 2 aromatic rings. The van der Waals surface area contributed by atoms with Gasteiger partial charge in [0.1, 0.15) is 0 Å². The summed E-state index contributed by atoms with van der Waals surface area (Å²) >= 11 is 0. The fourth-order valence-corrected chi connectivity index (χ4v) is 4.42. The Balaban J connectivity index is 1.54. The maximum absolute atomic E-state index is 12.9. The van der Waals surface area contributed by atoms with Gasteiger partial charge in [-0.2, -0.15) is 0 Å². The smallest absolute Gasteiger partial charge is 0.253 e. The fraction of sp³-hybridized carbons (Fsp3) is 0.292. The van der Waals surface area contributed by atoms with Gasteiger partial charge in [-0.3, -0.25) is 14.0 Å². The van der Waals surface area contributed by atoms with E-state index in [9.17, 15) is 13.2 Å². The molecule has 2 aromatic carbocycles. The van der Waals surface area contributed by atoms with E-state index in [0.29, 0.717) is 24.3 Å². The number of amides is 1. The van der Waals surface area contributed by atoms with Crippen LogP contribution in [0.5, 0.6) is 0 Å². The average Bonchev–Trinajstić information content (AvgIpc) is 2.78. The van der Waals surface area contributed by atoms with E-state index in [2.05, 4.69) is 35.8 Å². The lowest BCUT2D eigenvalue weighted by Crippen LogP contribution is -2.48. The largest absolute Gasteiger partial charge is 0.336 e. The van der Waals surface area contributed by atoms with Crippen molar-refractivity contribution >= 4 is 27.7 Å². The van der Waals surface area contributed by atoms with Gasteiger partial charge in [-0.1, -0.05) is 48.6 Å². The topological polar surface area (TPSA) is 60.9 Å². The number of hydrogen-bond donors (Lipinski definition) is 0. The summed E-state index contributed by atoms with van der Waals surface area (Å²) in [6.07, 6.45) is 6.96. The van der Waals surface area contributed by atoms with Gasteiger partial charge in [0.25, 0.3) is 5.91 Å². The molecule has 1 amide bonds. The molecule has 7 heteroatoms. The van der Waals surface area contributed by atoms with E-state index in [1.165, 1.54) is 15.9 Å². The zero-order valence-electron chi connectivity index (χ0n) is 17.9. The van der Waals surface area contributed by atoms with E-state index < -0.39 is 10.0 Å². The van der Waals surface area contributed by atoms with E-state index in [0.717, 1.165) is 25.9 Å². The number of rotatable bonds is 8. The van der Waals surface area contributed by atoms with Gasteiger partial charge in [0.05, 0.1) is 18.5 Å². The van der Waals surface area contributed by atoms with E-state index in [4.69, 9.17) is 0 Å². The molecule has 0 radical (unpaired) electrons. The molecule has 1 fully saturated rings. The molecule has 0 bridgehead atoms. The number of hydrogen-bond acceptors (Lipinski definition) is 4. The van der Waals surface area contributed by atoms with Crippen molar-refractivity contribution in [3.05, 3.63) is 84.5 Å². The summed E-state index contributed by atoms with van der Waals surface area (Å²) in [7, 11) is -3.41. The van der Waals surface area contributed by atoms with Gasteiger partial charge in [-0.05, 0) is 29.8 Å². The Morgan fingerprint density at radius 1 is 1.03 bits per heavy atom. The molecule has 0 atom stereocenters. The van der Waals surface area contributed by atoms with Gasteiger partial charge in [-0.15, -0.1) is 6.58 Å². The molecular weight excluding hydrogens is 410 g/mol. The van der Waals surface area contributed by atoms with Crippen LogP contribution in [0.25, 0.3) is 6.08 Å². The molecule has 0 unspecified atom stereocenters. The third-order valence-electron chi connectivity index (χ3n) is 5.23. The molecule has 6 nitrogen and oxygen atoms in total. The Bertz CT molecular complexity index is 1010. The van der Waals surface area contributed by atoms with Crippen molar-refractivity contribution in [2.45, 2.75) is 0 Å². The molecule has 0 saturated carbocycles. The minimum absolute atomic E-state index is 0.0272. The third kappa shape index (κ3) is 6.29. The molecule has 1 aliphatic heterocycles. The summed E-state index contributed by atoms with van der Waals surface area (Å²) in [5.74, 6) is -0.0272. The summed E-state index contributed by atoms with van der Waals surface area (Å²) in [5.41, 5.74) is 2.27. The summed E-state index contributed by atoms with van der Waals surface area (Å²) in [5, 5.41) is 0. The molecule has 1 aliphatic rings. The minimum Gasteiger partial charge on any atom is -0.336 e. The summed E-state index contributed by atoms with van der Waals surface area (Å²) in [6.45, 7) is 7.65. The standard InChI is InChI=1S/C24H29N3O3S/c1-3-15-27(31(2,29)30)23-13-11-22(12-14-23)24(28)26-19-17-25(18-20-26)16-7-10-21-8-5-4-6-9-21/h3-14H,1,15-20H2,2H3/b10-7+. The number of carbonyl (C=O) groups is 1. The molecule has 0 aromatic heterocycles. The number of piperazine rings is 1. The van der Waals surface area contributed by atoms with E-state index in [1.807, 2.05) is 23.1 Å². The lowest BCUT2D eigenvalue weighted by atomic mass is 10.1. The molecule has 0 spiro atoms. The number of nitrogens with zero attached hydrogens (tertiary/aromatic N) is 3. The van der Waals surface area contributed by atoms with Gasteiger partial charge in [0, 0.05) is 38.3 Å². The van der Waals surface area contributed by atoms with E-state index in [1.54, 1.807) is 24.3 Å². The first-order valence-electron chi connectivity index (χ1n) is 10.3. The lowest BCUT2D eigenvalue weighted by Gasteiger charge is -2.34. The summed E-state index contributed by atoms with van der Waals surface area (Å²) in [6, 6.07) is 16.9. The normalized spacial score (nSPS) is 15.2. The first-order valence-corrected chi connectivity index (χ1v) is 12.1. The molecule has 0 aliphatic carbocycles. The lowest BCUT2D eigenvalue weighted by molar-refractivity contribution is 0.0650. The third-order valence-corrected chi connectivity index (χ3v) is 6.39. The molecule has 1 heterocycles. The van der Waals surface area contributed by atoms with Crippen molar-refractivity contribution in [1.82, 2.24) is 9.80 Å². The SMILES string of the molecule is C=CCN(c1ccc(C(=O)N2CCN(C/C=C/c3ccccc3)CC2)cc1)S(C)(=O)=O. The Morgan fingerprint density at radius 2 is 1.68 bits per heavy atom. The maximum atomic E-state index is 12.9. The van der Waals surface area contributed by atoms with Crippen LogP contribution in [-0.4, -0.2) is 69.6 Å². The molecule has 31 heavy (non-hydrogen) atoms. The first-order chi connectivity index (χ1) is 14.9. The van der Waals surface area contributed by atoms with Crippen molar-refractivity contribution in [3.63, 3.8) is 0 Å². The molecular formula is C24H29N3O3S. The van der Waals surface area contributed by atoms with E-state index >= 15 is 0 Å². The van der Waals surface area contributed by atoms with Crippen LogP contribution in [0, 0.1) is 0 Å². The van der Waals surface area contributed by atoms with Crippen molar-refractivity contribution in [2.75, 3.05) is 49.8 Å². The van der Waals surface area contributed by atoms with Gasteiger partial charge in [-0.25, -0.2) is 8.42 Å². The van der Waals surface area contributed by atoms with Crippen molar-refractivity contribution < 1.29 is 13.2 Å². The highest BCUT2D eigenvalue weighted by Gasteiger charge is 2.22. The highest BCUT2D eigenvalue weighted by Crippen LogP contribution is 2.19. The van der Waals surface area contributed by atoms with Crippen LogP contribution in [0.3, 0.4) is 0 Å². The molecule has 164 valence electrons. The monoisotopic (exact) mass is 439 g/mol. The van der Waals surface area contributed by atoms with Crippen LogP contribution in [0.4, 0.5) is 5.69 Å². The number of anilines is 1. The van der Waals surface area contributed by atoms with Crippen LogP contribution < -0.4 is 4.31 Å². The van der Waals surface area contributed by atoms with Gasteiger partial charge in [0.15, 0.2) is 0 Å². The summed E-state index contributed by atoms with van der Waals surface area (Å²) in [4.78, 5) is 17.0. The zero-order valence-corrected chi connectivity index (χ0v) is 18.7. The Kier molecular flexibility index (Phi) is 7.65. The van der Waals surface area contributed by atoms with Crippen LogP contribution in [0.1, 0.15) is 15.9 Å². The second-order valence-corrected chi connectivity index (χ2v) is 9.44. The van der Waals surface area contributed by atoms with Crippen molar-refractivity contribution in [2.24, 2.45) is 0 Å². The highest BCUT2D eigenvalue weighted by atomic mass is 32.2. The Labute approximate surface area is 185 Å². The predicted molar refractivity (Wildman–Crippen MR) is 127 cm³/mol. The van der Waals surface area contributed by atoms with Crippen LogP contribution in [0.15, 0.2) is 73.3 Å². The van der Waals surface area contributed by atoms with Crippen LogP contribution in [-0.2, 0) is 10.0 Å². The Hall–Kier alpha value is -2.90. The van der Waals surface area contributed by atoms with Gasteiger partial charge >= 0.3 is 0 Å². The number of sulfonamides is 1. The molecule has 3 rings (SSSR count). The number of benzene rings is 2. The second-order valence-electron chi connectivity index (χ2n) is 7.54. The molecule has 1 saturated heterocycles. The average molecular weight is 440 g/mol. The van der Waals surface area contributed by atoms with Crippen LogP contribution >= 0.6 is 0 Å². The first kappa shape index (κ1) is 22.8. The number of carbonyl (C=O) groups excluding carboxylic acids is 1. The predicted octanol–water partition coefficient (Wildman–Crippen LogP) is 3.11. The van der Waals surface area contributed by atoms with Gasteiger partial charge < -0.3 is 4.90 Å². The highest BCUT2D eigenvalue weighted by molar-refractivity contribution is 7.92. The minimum atomic E-state index is -3.41. The summed E-state index contributed by atoms with van der Waals surface area (Å²) < 4.78 is 25.2. The Morgan fingerprint density at radius 3 is 2.26 bits per heavy atom. The zero-order chi connectivity index (χ0) is 22.3. The van der Waals surface area contributed by atoms with Crippen LogP contribution in [0.2, 0.25) is 0 Å². The van der Waals surface area contributed by atoms with Crippen molar-refractivity contribution in [1.29, 1.82) is 0 Å². The van der Waals surface area contributed by atoms with Gasteiger partial charge in [0.2, 0.25) is 10.0 Å². The maximum Gasteiger partial charge on any atom is 0.253 e. The molecule has 0 N–H and O–H groups in total. The van der Waals surface area contributed by atoms with Crippen molar-refractivity contribution in [3.8, 4) is 0 Å². The quantitative estimate of drug-likeness (QED) is 0.593. The fourth-order valence-electron chi connectivity index (χ4n) is 3.54. The second kappa shape index (κ2) is 10.4. The van der Waals surface area contributed by atoms with E-state index in [-0.39, 0.29) is 12.5 Å².